The fraction of sp³-hybridized carbons (Fsp3) is 0.381. The molecule has 0 atom stereocenters. The number of hydrogen-bond donors (Lipinski definition) is 1. The second-order valence-corrected chi connectivity index (χ2v) is 7.39. The van der Waals surface area contributed by atoms with Crippen molar-refractivity contribution in [3.63, 3.8) is 0 Å². The number of carbonyl (C=O) groups is 1. The van der Waals surface area contributed by atoms with Crippen molar-refractivity contribution in [1.29, 1.82) is 0 Å². The second kappa shape index (κ2) is 7.48. The van der Waals surface area contributed by atoms with Gasteiger partial charge in [-0.1, -0.05) is 12.1 Å². The summed E-state index contributed by atoms with van der Waals surface area (Å²) < 4.78 is 1.72. The Labute approximate surface area is 160 Å². The van der Waals surface area contributed by atoms with Gasteiger partial charge in [0.25, 0.3) is 5.91 Å². The molecule has 1 N–H and O–H groups in total. The highest BCUT2D eigenvalue weighted by molar-refractivity contribution is 6.09. The Hall–Kier alpha value is -2.73. The molecule has 0 radical (unpaired) electrons. The van der Waals surface area contributed by atoms with E-state index in [0.29, 0.717) is 22.9 Å². The van der Waals surface area contributed by atoms with Crippen LogP contribution in [0.15, 0.2) is 30.3 Å². The molecule has 0 spiro atoms. The monoisotopic (exact) mass is 365 g/mol. The number of nitrogens with zero attached hydrogens (tertiary/aromatic N) is 4. The van der Waals surface area contributed by atoms with Crippen LogP contribution >= 0.6 is 0 Å². The van der Waals surface area contributed by atoms with Crippen LogP contribution in [0.1, 0.15) is 46.9 Å². The Balaban J connectivity index is 1.82. The SMILES string of the molecule is Cc1cc(C)n2nc(C)c(C(=O)Nc3ccc(CN(C)C(C)C)cc3)c2n1. The zero-order valence-corrected chi connectivity index (χ0v) is 16.9. The van der Waals surface area contributed by atoms with Crippen molar-refractivity contribution < 1.29 is 4.79 Å². The molecule has 3 rings (SSSR count). The van der Waals surface area contributed by atoms with Crippen molar-refractivity contribution in [2.45, 2.75) is 47.2 Å². The van der Waals surface area contributed by atoms with E-state index in [0.717, 1.165) is 23.6 Å². The third-order valence-corrected chi connectivity index (χ3v) is 4.82. The van der Waals surface area contributed by atoms with Gasteiger partial charge in [-0.3, -0.25) is 9.69 Å². The molecule has 1 amide bonds. The van der Waals surface area contributed by atoms with Crippen LogP contribution in [0.2, 0.25) is 0 Å². The van der Waals surface area contributed by atoms with Crippen molar-refractivity contribution >= 4 is 17.2 Å². The molecule has 0 aliphatic heterocycles. The maximum absolute atomic E-state index is 12.9. The molecule has 0 bridgehead atoms. The van der Waals surface area contributed by atoms with E-state index >= 15 is 0 Å². The Kier molecular flexibility index (Phi) is 5.28. The molecule has 0 saturated heterocycles. The van der Waals surface area contributed by atoms with Gasteiger partial charge < -0.3 is 5.32 Å². The van der Waals surface area contributed by atoms with Gasteiger partial charge in [0.05, 0.1) is 5.69 Å². The first kappa shape index (κ1) is 19.0. The first-order valence-electron chi connectivity index (χ1n) is 9.20. The molecule has 2 heterocycles. The summed E-state index contributed by atoms with van der Waals surface area (Å²) >= 11 is 0. The number of fused-ring (bicyclic) bond motifs is 1. The summed E-state index contributed by atoms with van der Waals surface area (Å²) in [4.78, 5) is 19.7. The molecular weight excluding hydrogens is 338 g/mol. The summed E-state index contributed by atoms with van der Waals surface area (Å²) in [6, 6.07) is 10.4. The predicted octanol–water partition coefficient (Wildman–Crippen LogP) is 3.75. The molecule has 0 saturated carbocycles. The standard InChI is InChI=1S/C21H27N5O/c1-13(2)25(6)12-17-7-9-18(10-8-17)23-21(27)19-16(5)24-26-15(4)11-14(3)22-20(19)26/h7-11,13H,12H2,1-6H3,(H,23,27). The van der Waals surface area contributed by atoms with Crippen LogP contribution in [0.3, 0.4) is 0 Å². The molecule has 0 fully saturated rings. The van der Waals surface area contributed by atoms with Crippen molar-refractivity contribution in [2.75, 3.05) is 12.4 Å². The molecular formula is C21H27N5O. The minimum absolute atomic E-state index is 0.188. The highest BCUT2D eigenvalue weighted by Crippen LogP contribution is 2.19. The van der Waals surface area contributed by atoms with Gasteiger partial charge in [-0.25, -0.2) is 9.50 Å². The van der Waals surface area contributed by atoms with Crippen LogP contribution in [-0.4, -0.2) is 38.5 Å². The van der Waals surface area contributed by atoms with E-state index < -0.39 is 0 Å². The lowest BCUT2D eigenvalue weighted by atomic mass is 10.1. The van der Waals surface area contributed by atoms with E-state index in [1.807, 2.05) is 51.1 Å². The van der Waals surface area contributed by atoms with Crippen LogP contribution in [0.4, 0.5) is 5.69 Å². The number of aryl methyl sites for hydroxylation is 3. The maximum atomic E-state index is 12.9. The predicted molar refractivity (Wildman–Crippen MR) is 108 cm³/mol. The molecule has 27 heavy (non-hydrogen) atoms. The molecule has 3 aromatic rings. The summed E-state index contributed by atoms with van der Waals surface area (Å²) in [5.74, 6) is -0.188. The first-order chi connectivity index (χ1) is 12.8. The summed E-state index contributed by atoms with van der Waals surface area (Å²) in [5.41, 5.74) is 5.58. The lowest BCUT2D eigenvalue weighted by molar-refractivity contribution is 0.102. The van der Waals surface area contributed by atoms with Crippen molar-refractivity contribution in [3.8, 4) is 0 Å². The Morgan fingerprint density at radius 2 is 1.85 bits per heavy atom. The average Bonchev–Trinajstić information content (AvgIpc) is 2.93. The highest BCUT2D eigenvalue weighted by Gasteiger charge is 2.19. The van der Waals surface area contributed by atoms with Crippen LogP contribution in [0, 0.1) is 20.8 Å². The minimum Gasteiger partial charge on any atom is -0.322 e. The minimum atomic E-state index is -0.188. The summed E-state index contributed by atoms with van der Waals surface area (Å²) in [6.07, 6.45) is 0. The number of hydrogen-bond acceptors (Lipinski definition) is 4. The highest BCUT2D eigenvalue weighted by atomic mass is 16.1. The van der Waals surface area contributed by atoms with Gasteiger partial charge >= 0.3 is 0 Å². The normalized spacial score (nSPS) is 11.6. The average molecular weight is 365 g/mol. The zero-order chi connectivity index (χ0) is 19.7. The van der Waals surface area contributed by atoms with E-state index in [9.17, 15) is 4.79 Å². The third kappa shape index (κ3) is 4.01. The van der Waals surface area contributed by atoms with Gasteiger partial charge in [0.15, 0.2) is 5.65 Å². The van der Waals surface area contributed by atoms with Gasteiger partial charge in [-0.05, 0) is 65.4 Å². The van der Waals surface area contributed by atoms with Crippen LogP contribution < -0.4 is 5.32 Å². The summed E-state index contributed by atoms with van der Waals surface area (Å²) in [7, 11) is 2.10. The molecule has 0 aliphatic carbocycles. The molecule has 1 aromatic carbocycles. The molecule has 0 unspecified atom stereocenters. The zero-order valence-electron chi connectivity index (χ0n) is 16.9. The van der Waals surface area contributed by atoms with Crippen molar-refractivity contribution in [2.24, 2.45) is 0 Å². The van der Waals surface area contributed by atoms with Gasteiger partial charge in [0.1, 0.15) is 5.56 Å². The second-order valence-electron chi connectivity index (χ2n) is 7.39. The van der Waals surface area contributed by atoms with Gasteiger partial charge in [0.2, 0.25) is 0 Å². The maximum Gasteiger partial charge on any atom is 0.261 e. The van der Waals surface area contributed by atoms with Gasteiger partial charge in [-0.15, -0.1) is 0 Å². The molecule has 6 nitrogen and oxygen atoms in total. The Morgan fingerprint density at radius 3 is 2.48 bits per heavy atom. The fourth-order valence-corrected chi connectivity index (χ4v) is 3.05. The number of amides is 1. The van der Waals surface area contributed by atoms with E-state index in [1.165, 1.54) is 5.56 Å². The largest absolute Gasteiger partial charge is 0.322 e. The van der Waals surface area contributed by atoms with E-state index in [4.69, 9.17) is 0 Å². The lowest BCUT2D eigenvalue weighted by Crippen LogP contribution is -2.25. The Morgan fingerprint density at radius 1 is 1.19 bits per heavy atom. The van der Waals surface area contributed by atoms with E-state index in [2.05, 4.69) is 41.2 Å². The van der Waals surface area contributed by atoms with Crippen molar-refractivity contribution in [3.05, 3.63) is 58.5 Å². The smallest absolute Gasteiger partial charge is 0.261 e. The fourth-order valence-electron chi connectivity index (χ4n) is 3.05. The molecule has 142 valence electrons. The number of rotatable bonds is 5. The van der Waals surface area contributed by atoms with Crippen LogP contribution in [-0.2, 0) is 6.54 Å². The van der Waals surface area contributed by atoms with Gasteiger partial charge in [0, 0.05) is 29.7 Å². The van der Waals surface area contributed by atoms with E-state index in [1.54, 1.807) is 4.52 Å². The molecule has 6 heteroatoms. The summed E-state index contributed by atoms with van der Waals surface area (Å²) in [6.45, 7) is 10.9. The Bertz CT molecular complexity index is 972. The number of carbonyl (C=O) groups excluding carboxylic acids is 1. The number of anilines is 1. The number of benzene rings is 1. The number of nitrogens with one attached hydrogen (secondary N) is 1. The quantitative estimate of drug-likeness (QED) is 0.748. The third-order valence-electron chi connectivity index (χ3n) is 4.82. The van der Waals surface area contributed by atoms with E-state index in [-0.39, 0.29) is 5.91 Å². The topological polar surface area (TPSA) is 62.5 Å². The number of aromatic nitrogens is 3. The lowest BCUT2D eigenvalue weighted by Gasteiger charge is -2.21. The van der Waals surface area contributed by atoms with Crippen LogP contribution in [0.25, 0.3) is 5.65 Å². The van der Waals surface area contributed by atoms with Crippen LogP contribution in [0.5, 0.6) is 0 Å². The summed E-state index contributed by atoms with van der Waals surface area (Å²) in [5, 5.41) is 7.44. The van der Waals surface area contributed by atoms with Crippen molar-refractivity contribution in [1.82, 2.24) is 19.5 Å². The molecule has 2 aromatic heterocycles. The van der Waals surface area contributed by atoms with Gasteiger partial charge in [-0.2, -0.15) is 5.10 Å². The first-order valence-corrected chi connectivity index (χ1v) is 9.20. The molecule has 0 aliphatic rings.